The molecule has 1 aliphatic carbocycles. The minimum Gasteiger partial charge on any atom is -0.310 e. The number of benzene rings is 9. The Hall–Kier alpha value is -6.45. The number of nitrogens with zero attached hydrogens (tertiary/aromatic N) is 2. The minimum atomic E-state index is -0.239. The third-order valence-corrected chi connectivity index (χ3v) is 11.5. The van der Waals surface area contributed by atoms with E-state index in [9.17, 15) is 4.39 Å². The summed E-state index contributed by atoms with van der Waals surface area (Å²) >= 11 is 0. The van der Waals surface area contributed by atoms with Crippen LogP contribution in [0, 0.1) is 5.82 Å². The van der Waals surface area contributed by atoms with Gasteiger partial charge in [-0.3, -0.25) is 0 Å². The van der Waals surface area contributed by atoms with Crippen LogP contribution in [-0.2, 0) is 11.8 Å². The molecule has 0 amide bonds. The minimum absolute atomic E-state index is 0.0307. The van der Waals surface area contributed by atoms with Crippen molar-refractivity contribution in [2.45, 2.75) is 32.1 Å². The number of halogens is 1. The molecule has 0 fully saturated rings. The number of para-hydroxylation sites is 4. The summed E-state index contributed by atoms with van der Waals surface area (Å²) < 4.78 is 14.5. The normalized spacial score (nSPS) is 13.5. The number of hydrogen-bond donors (Lipinski definition) is 0. The maximum atomic E-state index is 14.5. The van der Waals surface area contributed by atoms with Crippen molar-refractivity contribution in [3.8, 4) is 11.1 Å². The highest BCUT2D eigenvalue weighted by Gasteiger charge is 2.33. The molecule has 0 aliphatic heterocycles. The van der Waals surface area contributed by atoms with Gasteiger partial charge in [-0.05, 0) is 130 Å². The molecule has 0 radical (unpaired) electrons. The van der Waals surface area contributed by atoms with Crippen LogP contribution in [0.15, 0.2) is 176 Å². The van der Waals surface area contributed by atoms with Crippen LogP contribution in [0.5, 0.6) is 0 Å². The molecule has 0 bridgehead atoms. The molecule has 0 unspecified atom stereocenters. The average Bonchev–Trinajstić information content (AvgIpc) is 3.21. The lowest BCUT2D eigenvalue weighted by molar-refractivity contribution is 0.475. The molecular formula is C51H39FN2. The van der Waals surface area contributed by atoms with Gasteiger partial charge in [0.15, 0.2) is 0 Å². The van der Waals surface area contributed by atoms with Crippen molar-refractivity contribution in [3.05, 3.63) is 193 Å². The molecule has 2 nitrogen and oxygen atoms in total. The molecule has 10 rings (SSSR count). The highest BCUT2D eigenvalue weighted by Crippen LogP contribution is 2.54. The molecule has 260 valence electrons. The van der Waals surface area contributed by atoms with E-state index in [1.54, 1.807) is 12.1 Å². The van der Waals surface area contributed by atoms with Crippen molar-refractivity contribution in [1.82, 2.24) is 0 Å². The second kappa shape index (κ2) is 12.6. The molecule has 0 saturated heterocycles. The lowest BCUT2D eigenvalue weighted by Gasteiger charge is -2.37. The maximum absolute atomic E-state index is 14.5. The molecule has 0 N–H and O–H groups in total. The second-order valence-corrected chi connectivity index (χ2v) is 15.2. The number of aryl methyl sites for hydroxylation is 1. The maximum Gasteiger partial charge on any atom is 0.123 e. The third kappa shape index (κ3) is 5.15. The van der Waals surface area contributed by atoms with E-state index in [4.69, 9.17) is 0 Å². The van der Waals surface area contributed by atoms with Gasteiger partial charge in [0, 0.05) is 44.3 Å². The smallest absolute Gasteiger partial charge is 0.123 e. The zero-order chi connectivity index (χ0) is 36.4. The van der Waals surface area contributed by atoms with Crippen LogP contribution in [0.25, 0.3) is 43.4 Å². The van der Waals surface area contributed by atoms with Crippen molar-refractivity contribution in [2.75, 3.05) is 9.80 Å². The molecule has 9 aromatic carbocycles. The Labute approximate surface area is 315 Å². The van der Waals surface area contributed by atoms with E-state index in [0.29, 0.717) is 0 Å². The van der Waals surface area contributed by atoms with Crippen LogP contribution in [0.3, 0.4) is 0 Å². The Kier molecular flexibility index (Phi) is 7.52. The quantitative estimate of drug-likeness (QED) is 0.153. The third-order valence-electron chi connectivity index (χ3n) is 11.5. The van der Waals surface area contributed by atoms with Gasteiger partial charge >= 0.3 is 0 Å². The van der Waals surface area contributed by atoms with Crippen LogP contribution >= 0.6 is 0 Å². The second-order valence-electron chi connectivity index (χ2n) is 15.2. The first-order valence-electron chi connectivity index (χ1n) is 18.8. The molecule has 0 aromatic heterocycles. The summed E-state index contributed by atoms with van der Waals surface area (Å²) in [4.78, 5) is 4.81. The van der Waals surface area contributed by atoms with E-state index in [-0.39, 0.29) is 11.2 Å². The number of anilines is 6. The highest BCUT2D eigenvalue weighted by molar-refractivity contribution is 6.32. The van der Waals surface area contributed by atoms with Gasteiger partial charge in [0.2, 0.25) is 0 Å². The van der Waals surface area contributed by atoms with E-state index >= 15 is 0 Å². The Morgan fingerprint density at radius 3 is 1.46 bits per heavy atom. The summed E-state index contributed by atoms with van der Waals surface area (Å²) in [6.45, 7) is 4.82. The number of hydrogen-bond acceptors (Lipinski definition) is 2. The summed E-state index contributed by atoms with van der Waals surface area (Å²) in [5.41, 5.74) is 11.5. The molecule has 0 saturated carbocycles. The zero-order valence-corrected chi connectivity index (χ0v) is 30.4. The fourth-order valence-corrected chi connectivity index (χ4v) is 8.86. The van der Waals surface area contributed by atoms with Crippen LogP contribution < -0.4 is 9.80 Å². The fourth-order valence-electron chi connectivity index (χ4n) is 8.86. The summed E-state index contributed by atoms with van der Waals surface area (Å²) in [5.74, 6) is -0.239. The average molecular weight is 699 g/mol. The molecule has 9 aromatic rings. The molecule has 0 spiro atoms. The lowest BCUT2D eigenvalue weighted by Crippen LogP contribution is -2.24. The molecule has 0 atom stereocenters. The molecule has 0 heterocycles. The fraction of sp³-hybridized carbons (Fsp3) is 0.0980. The molecule has 1 aliphatic rings. The van der Waals surface area contributed by atoms with Crippen LogP contribution in [0.1, 0.15) is 31.4 Å². The van der Waals surface area contributed by atoms with Crippen LogP contribution in [-0.4, -0.2) is 0 Å². The van der Waals surface area contributed by atoms with Crippen molar-refractivity contribution in [2.24, 2.45) is 0 Å². The van der Waals surface area contributed by atoms with Crippen molar-refractivity contribution >= 4 is 66.4 Å². The topological polar surface area (TPSA) is 6.48 Å². The van der Waals surface area contributed by atoms with E-state index in [0.717, 1.165) is 57.8 Å². The van der Waals surface area contributed by atoms with Gasteiger partial charge in [-0.1, -0.05) is 111 Å². The predicted molar refractivity (Wildman–Crippen MR) is 226 cm³/mol. The van der Waals surface area contributed by atoms with Gasteiger partial charge in [-0.25, -0.2) is 4.39 Å². The Morgan fingerprint density at radius 2 is 0.944 bits per heavy atom. The monoisotopic (exact) mass is 698 g/mol. The summed E-state index contributed by atoms with van der Waals surface area (Å²) in [6.07, 6.45) is 2.05. The molecular weight excluding hydrogens is 660 g/mol. The Morgan fingerprint density at radius 1 is 0.463 bits per heavy atom. The standard InChI is InChI=1S/C51H39FN2/c1-51(2)30-29-35-31-46(53(37-15-7-3-8-16-37)38-17-9-4-10-18-38)42-28-27-41-43(34-23-25-36(52)26-24-34)33-47(44-32-45(51)48(35)50(42)49(41)44)54(39-19-11-5-12-20-39)40-21-13-6-14-22-40/h3-28,31-33H,29-30H2,1-2H3. The number of rotatable bonds is 7. The van der Waals surface area contributed by atoms with Crippen LogP contribution in [0.2, 0.25) is 0 Å². The molecule has 54 heavy (non-hydrogen) atoms. The lowest BCUT2D eigenvalue weighted by atomic mass is 9.70. The van der Waals surface area contributed by atoms with Crippen molar-refractivity contribution in [3.63, 3.8) is 0 Å². The first kappa shape index (κ1) is 32.2. The summed E-state index contributed by atoms with van der Waals surface area (Å²) in [6, 6.07) is 61.7. The zero-order valence-electron chi connectivity index (χ0n) is 30.4. The van der Waals surface area contributed by atoms with E-state index in [2.05, 4.69) is 175 Å². The van der Waals surface area contributed by atoms with Gasteiger partial charge in [0.25, 0.3) is 0 Å². The molecule has 3 heteroatoms. The first-order chi connectivity index (χ1) is 26.5. The van der Waals surface area contributed by atoms with Gasteiger partial charge in [-0.2, -0.15) is 0 Å². The SMILES string of the molecule is CC1(C)CCc2cc(N(c3ccccc3)c3ccccc3)c3ccc4c(-c5ccc(F)cc5)cc(N(c5ccccc5)c5ccccc5)c5cc1c2c3c45. The van der Waals surface area contributed by atoms with Gasteiger partial charge < -0.3 is 9.80 Å². The van der Waals surface area contributed by atoms with E-state index in [1.165, 1.54) is 43.7 Å². The van der Waals surface area contributed by atoms with E-state index < -0.39 is 0 Å². The Balaban J connectivity index is 1.40. The van der Waals surface area contributed by atoms with Crippen molar-refractivity contribution < 1.29 is 4.39 Å². The van der Waals surface area contributed by atoms with Crippen molar-refractivity contribution in [1.29, 1.82) is 0 Å². The van der Waals surface area contributed by atoms with Crippen LogP contribution in [0.4, 0.5) is 38.5 Å². The van der Waals surface area contributed by atoms with Gasteiger partial charge in [0.1, 0.15) is 5.82 Å². The largest absolute Gasteiger partial charge is 0.310 e. The van der Waals surface area contributed by atoms with Gasteiger partial charge in [0.05, 0.1) is 11.4 Å². The van der Waals surface area contributed by atoms with Gasteiger partial charge in [-0.15, -0.1) is 0 Å². The first-order valence-corrected chi connectivity index (χ1v) is 18.8. The predicted octanol–water partition coefficient (Wildman–Crippen LogP) is 14.6. The van der Waals surface area contributed by atoms with E-state index in [1.807, 2.05) is 12.1 Å². The highest BCUT2D eigenvalue weighted by atomic mass is 19.1. The Bertz CT molecular complexity index is 2700. The summed E-state index contributed by atoms with van der Waals surface area (Å²) in [7, 11) is 0. The summed E-state index contributed by atoms with van der Waals surface area (Å²) in [5, 5.41) is 7.49.